The van der Waals surface area contributed by atoms with Gasteiger partial charge in [-0.25, -0.2) is 4.79 Å². The highest BCUT2D eigenvalue weighted by atomic mass is 16.5. The van der Waals surface area contributed by atoms with Gasteiger partial charge in [0.2, 0.25) is 0 Å². The van der Waals surface area contributed by atoms with Crippen molar-refractivity contribution in [3.8, 4) is 5.75 Å². The Morgan fingerprint density at radius 3 is 2.62 bits per heavy atom. The Morgan fingerprint density at radius 2 is 2.12 bits per heavy atom. The maximum absolute atomic E-state index is 11.3. The van der Waals surface area contributed by atoms with E-state index in [-0.39, 0.29) is 25.2 Å². The third-order valence-electron chi connectivity index (χ3n) is 2.04. The van der Waals surface area contributed by atoms with Crippen LogP contribution in [-0.2, 0) is 16.0 Å². The number of phenolic OH excluding ortho intramolecular Hbond substituents is 1. The van der Waals surface area contributed by atoms with Crippen LogP contribution in [0, 0.1) is 6.92 Å². The molecule has 0 unspecified atom stereocenters. The van der Waals surface area contributed by atoms with Crippen LogP contribution in [0.5, 0.6) is 5.75 Å². The minimum Gasteiger partial charge on any atom is -0.507 e. The van der Waals surface area contributed by atoms with Crippen molar-refractivity contribution in [1.82, 2.24) is 0 Å². The van der Waals surface area contributed by atoms with Gasteiger partial charge >= 0.3 is 5.97 Å². The first-order valence-corrected chi connectivity index (χ1v) is 4.44. The van der Waals surface area contributed by atoms with E-state index in [0.717, 1.165) is 5.56 Å². The lowest BCUT2D eigenvalue weighted by Gasteiger charge is -2.08. The van der Waals surface area contributed by atoms with Crippen LogP contribution in [0.3, 0.4) is 0 Å². The fourth-order valence-corrected chi connectivity index (χ4v) is 1.36. The predicted octanol–water partition coefficient (Wildman–Crippen LogP) is 1.86. The highest BCUT2D eigenvalue weighted by Gasteiger charge is 2.15. The molecule has 0 aliphatic carbocycles. The van der Waals surface area contributed by atoms with E-state index in [2.05, 4.69) is 4.74 Å². The minimum absolute atomic E-state index is 0. The summed E-state index contributed by atoms with van der Waals surface area (Å²) in [6, 6.07) is 3.19. The van der Waals surface area contributed by atoms with Gasteiger partial charge in [0.25, 0.3) is 0 Å². The lowest BCUT2D eigenvalue weighted by molar-refractivity contribution is -0.107. The molecule has 4 nitrogen and oxygen atoms in total. The molecule has 4 heteroatoms. The van der Waals surface area contributed by atoms with Crippen molar-refractivity contribution in [2.75, 3.05) is 7.11 Å². The molecule has 0 atom stereocenters. The molecule has 16 heavy (non-hydrogen) atoms. The number of hydrogen-bond acceptors (Lipinski definition) is 4. The summed E-state index contributed by atoms with van der Waals surface area (Å²) >= 11 is 0. The molecule has 0 saturated heterocycles. The number of esters is 1. The fourth-order valence-electron chi connectivity index (χ4n) is 1.36. The maximum atomic E-state index is 11.3. The number of rotatable bonds is 3. The quantitative estimate of drug-likeness (QED) is 0.628. The summed E-state index contributed by atoms with van der Waals surface area (Å²) in [5.74, 6) is -0.789. The monoisotopic (exact) mass is 224 g/mol. The van der Waals surface area contributed by atoms with E-state index < -0.39 is 5.97 Å². The van der Waals surface area contributed by atoms with Crippen molar-refractivity contribution in [2.45, 2.75) is 20.8 Å². The molecule has 1 rings (SSSR count). The molecule has 0 fully saturated rings. The third-order valence-corrected chi connectivity index (χ3v) is 2.04. The van der Waals surface area contributed by atoms with Gasteiger partial charge < -0.3 is 14.6 Å². The van der Waals surface area contributed by atoms with E-state index in [1.807, 2.05) is 0 Å². The number of carbonyl (C=O) groups excluding carboxylic acids is 2. The molecule has 1 aromatic rings. The van der Waals surface area contributed by atoms with Crippen molar-refractivity contribution >= 4 is 12.3 Å². The molecular formula is C12H16O4. The minimum atomic E-state index is -0.608. The number of hydrogen-bond donors (Lipinski definition) is 1. The molecule has 1 N–H and O–H groups in total. The van der Waals surface area contributed by atoms with Crippen LogP contribution in [0.2, 0.25) is 0 Å². The van der Waals surface area contributed by atoms with E-state index in [1.165, 1.54) is 13.2 Å². The van der Waals surface area contributed by atoms with E-state index in [4.69, 9.17) is 0 Å². The topological polar surface area (TPSA) is 63.6 Å². The van der Waals surface area contributed by atoms with E-state index in [9.17, 15) is 14.7 Å². The van der Waals surface area contributed by atoms with Crippen LogP contribution in [0.1, 0.15) is 28.9 Å². The first-order chi connectivity index (χ1) is 7.10. The van der Waals surface area contributed by atoms with Crippen molar-refractivity contribution in [2.24, 2.45) is 0 Å². The van der Waals surface area contributed by atoms with Gasteiger partial charge in [0.15, 0.2) is 0 Å². The molecular weight excluding hydrogens is 208 g/mol. The van der Waals surface area contributed by atoms with Crippen LogP contribution in [-0.4, -0.2) is 24.5 Å². The van der Waals surface area contributed by atoms with Gasteiger partial charge in [-0.1, -0.05) is 13.5 Å². The number of aldehydes is 1. The summed E-state index contributed by atoms with van der Waals surface area (Å²) in [5, 5.41) is 9.69. The first kappa shape index (κ1) is 14.2. The highest BCUT2D eigenvalue weighted by molar-refractivity contribution is 5.93. The standard InChI is InChI=1S/C11H12O4.CH4/c1-7-5-8(3-4-12)10(13)9(6-7)11(14)15-2;/h4-6,13H,3H2,1-2H3;1H4. The van der Waals surface area contributed by atoms with Crippen LogP contribution < -0.4 is 0 Å². The Labute approximate surface area is 94.9 Å². The van der Waals surface area contributed by atoms with Gasteiger partial charge in [-0.2, -0.15) is 0 Å². The number of methoxy groups -OCH3 is 1. The normalized spacial score (nSPS) is 9.12. The molecule has 0 amide bonds. The van der Waals surface area contributed by atoms with Crippen LogP contribution in [0.25, 0.3) is 0 Å². The summed E-state index contributed by atoms with van der Waals surface area (Å²) in [4.78, 5) is 21.6. The van der Waals surface area contributed by atoms with Gasteiger partial charge in [0.1, 0.15) is 17.6 Å². The summed E-state index contributed by atoms with van der Waals surface area (Å²) in [7, 11) is 1.24. The Bertz CT molecular complexity index is 396. The van der Waals surface area contributed by atoms with Gasteiger partial charge in [0.05, 0.1) is 7.11 Å². The van der Waals surface area contributed by atoms with Gasteiger partial charge in [-0.15, -0.1) is 0 Å². The largest absolute Gasteiger partial charge is 0.507 e. The Kier molecular flexibility index (Phi) is 5.22. The fraction of sp³-hybridized carbons (Fsp3) is 0.333. The van der Waals surface area contributed by atoms with E-state index in [1.54, 1.807) is 13.0 Å². The Morgan fingerprint density at radius 1 is 1.50 bits per heavy atom. The Balaban J connectivity index is 0.00000225. The van der Waals surface area contributed by atoms with Crippen LogP contribution >= 0.6 is 0 Å². The number of carbonyl (C=O) groups is 2. The molecule has 88 valence electrons. The number of ether oxygens (including phenoxy) is 1. The second-order valence-corrected chi connectivity index (χ2v) is 3.18. The lowest BCUT2D eigenvalue weighted by atomic mass is 10.0. The molecule has 0 aliphatic rings. The molecule has 0 aliphatic heterocycles. The van der Waals surface area contributed by atoms with E-state index in [0.29, 0.717) is 11.8 Å². The summed E-state index contributed by atoms with van der Waals surface area (Å²) < 4.78 is 4.52. The number of aromatic hydroxyl groups is 1. The molecule has 1 aromatic carbocycles. The number of benzene rings is 1. The van der Waals surface area contributed by atoms with Gasteiger partial charge in [-0.05, 0) is 18.6 Å². The zero-order valence-electron chi connectivity index (χ0n) is 8.61. The number of phenols is 1. The molecule has 0 spiro atoms. The SMILES string of the molecule is C.COC(=O)c1cc(C)cc(CC=O)c1O. The van der Waals surface area contributed by atoms with Gasteiger partial charge in [0, 0.05) is 12.0 Å². The molecule has 0 bridgehead atoms. The van der Waals surface area contributed by atoms with E-state index >= 15 is 0 Å². The second kappa shape index (κ2) is 5.90. The van der Waals surface area contributed by atoms with Crippen molar-refractivity contribution in [1.29, 1.82) is 0 Å². The average molecular weight is 224 g/mol. The summed E-state index contributed by atoms with van der Waals surface area (Å²) in [5.41, 5.74) is 1.32. The van der Waals surface area contributed by atoms with Gasteiger partial charge in [-0.3, -0.25) is 0 Å². The van der Waals surface area contributed by atoms with Crippen molar-refractivity contribution in [3.63, 3.8) is 0 Å². The summed E-state index contributed by atoms with van der Waals surface area (Å²) in [6.45, 7) is 1.78. The highest BCUT2D eigenvalue weighted by Crippen LogP contribution is 2.25. The van der Waals surface area contributed by atoms with Crippen LogP contribution in [0.4, 0.5) is 0 Å². The Hall–Kier alpha value is -1.84. The molecule has 0 aromatic heterocycles. The maximum Gasteiger partial charge on any atom is 0.341 e. The van der Waals surface area contributed by atoms with Crippen LogP contribution in [0.15, 0.2) is 12.1 Å². The first-order valence-electron chi connectivity index (χ1n) is 4.44. The average Bonchev–Trinajstić information content (AvgIpc) is 2.22. The second-order valence-electron chi connectivity index (χ2n) is 3.18. The molecule has 0 heterocycles. The van der Waals surface area contributed by atoms with Crippen molar-refractivity contribution < 1.29 is 19.4 Å². The summed E-state index contributed by atoms with van der Waals surface area (Å²) in [6.07, 6.45) is 0.757. The predicted molar refractivity (Wildman–Crippen MR) is 60.7 cm³/mol. The zero-order valence-corrected chi connectivity index (χ0v) is 8.61. The zero-order chi connectivity index (χ0) is 11.4. The molecule has 0 radical (unpaired) electrons. The lowest BCUT2D eigenvalue weighted by Crippen LogP contribution is -2.04. The molecule has 0 saturated carbocycles. The van der Waals surface area contributed by atoms with Crippen molar-refractivity contribution in [3.05, 3.63) is 28.8 Å². The number of aryl methyl sites for hydroxylation is 1. The smallest absolute Gasteiger partial charge is 0.341 e. The third kappa shape index (κ3) is 2.82.